The monoisotopic (exact) mass is 281 g/mol. The van der Waals surface area contributed by atoms with Crippen LogP contribution in [-0.4, -0.2) is 30.7 Å². The maximum absolute atomic E-state index is 4.90. The van der Waals surface area contributed by atoms with Crippen molar-refractivity contribution in [1.29, 1.82) is 0 Å². The summed E-state index contributed by atoms with van der Waals surface area (Å²) >= 11 is 0. The third-order valence-corrected chi connectivity index (χ3v) is 4.69. The number of nitrogens with zero attached hydrogens (tertiary/aromatic N) is 2. The Labute approximate surface area is 126 Å². The number of rotatable bonds is 5. The Morgan fingerprint density at radius 1 is 1.05 bits per heavy atom. The molecule has 4 rings (SSSR count). The van der Waals surface area contributed by atoms with Gasteiger partial charge in [-0.25, -0.2) is 4.98 Å². The van der Waals surface area contributed by atoms with Gasteiger partial charge in [0.05, 0.1) is 5.52 Å². The van der Waals surface area contributed by atoms with E-state index in [0.29, 0.717) is 6.04 Å². The van der Waals surface area contributed by atoms with Crippen molar-refractivity contribution in [3.8, 4) is 0 Å². The van der Waals surface area contributed by atoms with Crippen LogP contribution in [0, 0.1) is 5.92 Å². The lowest BCUT2D eigenvalue weighted by atomic mass is 10.2. The van der Waals surface area contributed by atoms with Crippen LogP contribution >= 0.6 is 0 Å². The van der Waals surface area contributed by atoms with Crippen LogP contribution in [0.1, 0.15) is 25.7 Å². The lowest BCUT2D eigenvalue weighted by Gasteiger charge is -2.27. The van der Waals surface area contributed by atoms with E-state index < -0.39 is 0 Å². The molecule has 0 radical (unpaired) electrons. The molecule has 1 aromatic carbocycles. The largest absolute Gasteiger partial charge is 0.355 e. The fourth-order valence-corrected chi connectivity index (χ4v) is 3.28. The van der Waals surface area contributed by atoms with E-state index in [9.17, 15) is 0 Å². The molecule has 0 amide bonds. The van der Waals surface area contributed by atoms with E-state index in [-0.39, 0.29) is 0 Å². The fourth-order valence-electron chi connectivity index (χ4n) is 3.28. The number of hydrogen-bond acceptors (Lipinski definition) is 3. The molecule has 3 nitrogen and oxygen atoms in total. The van der Waals surface area contributed by atoms with Crippen molar-refractivity contribution in [1.82, 2.24) is 10.3 Å². The van der Waals surface area contributed by atoms with Crippen molar-refractivity contribution < 1.29 is 0 Å². The summed E-state index contributed by atoms with van der Waals surface area (Å²) in [5.74, 6) is 2.04. The highest BCUT2D eigenvalue weighted by molar-refractivity contribution is 5.80. The molecule has 1 aliphatic carbocycles. The number of para-hydroxylation sites is 1. The van der Waals surface area contributed by atoms with Gasteiger partial charge in [0.2, 0.25) is 0 Å². The molecule has 3 heteroatoms. The van der Waals surface area contributed by atoms with Crippen LogP contribution in [0.5, 0.6) is 0 Å². The maximum Gasteiger partial charge on any atom is 0.129 e. The number of aromatic nitrogens is 1. The van der Waals surface area contributed by atoms with Crippen molar-refractivity contribution in [3.63, 3.8) is 0 Å². The van der Waals surface area contributed by atoms with Gasteiger partial charge in [0.15, 0.2) is 0 Å². The number of nitrogens with one attached hydrogen (secondary N) is 1. The van der Waals surface area contributed by atoms with Gasteiger partial charge in [-0.2, -0.15) is 0 Å². The number of benzene rings is 1. The lowest BCUT2D eigenvalue weighted by molar-refractivity contribution is 0.567. The molecule has 1 N–H and O–H groups in total. The standard InChI is InChI=1S/C18H23N3/c1-2-6-17-15(4-1)9-10-18(20-17)21(12-14-7-8-14)13-16-5-3-11-19-16/h1-2,4,6,9-10,14,16,19H,3,5,7-8,11-13H2. The lowest BCUT2D eigenvalue weighted by Crippen LogP contribution is -2.39. The molecule has 2 aromatic rings. The molecule has 1 saturated heterocycles. The molecule has 1 atom stereocenters. The summed E-state index contributed by atoms with van der Waals surface area (Å²) in [7, 11) is 0. The fraction of sp³-hybridized carbons (Fsp3) is 0.500. The second-order valence-electron chi connectivity index (χ2n) is 6.50. The summed E-state index contributed by atoms with van der Waals surface area (Å²) in [6.07, 6.45) is 5.40. The second-order valence-corrected chi connectivity index (χ2v) is 6.50. The number of fused-ring (bicyclic) bond motifs is 1. The Kier molecular flexibility index (Phi) is 3.52. The van der Waals surface area contributed by atoms with Crippen LogP contribution < -0.4 is 10.2 Å². The van der Waals surface area contributed by atoms with Crippen LogP contribution in [-0.2, 0) is 0 Å². The van der Waals surface area contributed by atoms with E-state index in [1.807, 2.05) is 0 Å². The minimum Gasteiger partial charge on any atom is -0.355 e. The molecule has 110 valence electrons. The van der Waals surface area contributed by atoms with Gasteiger partial charge in [0, 0.05) is 24.5 Å². The average Bonchev–Trinajstić information content (AvgIpc) is 3.19. The van der Waals surface area contributed by atoms with Gasteiger partial charge in [-0.05, 0) is 56.3 Å². The van der Waals surface area contributed by atoms with Gasteiger partial charge < -0.3 is 10.2 Å². The number of anilines is 1. The number of pyridine rings is 1. The molecule has 1 aliphatic heterocycles. The zero-order valence-corrected chi connectivity index (χ0v) is 12.5. The van der Waals surface area contributed by atoms with Gasteiger partial charge in [-0.15, -0.1) is 0 Å². The second kappa shape index (κ2) is 5.64. The Hall–Kier alpha value is -1.61. The first-order valence-electron chi connectivity index (χ1n) is 8.22. The predicted molar refractivity (Wildman–Crippen MR) is 87.7 cm³/mol. The average molecular weight is 281 g/mol. The van der Waals surface area contributed by atoms with E-state index >= 15 is 0 Å². The summed E-state index contributed by atoms with van der Waals surface area (Å²) in [5.41, 5.74) is 1.11. The summed E-state index contributed by atoms with van der Waals surface area (Å²) in [4.78, 5) is 7.40. The highest BCUT2D eigenvalue weighted by atomic mass is 15.2. The van der Waals surface area contributed by atoms with Gasteiger partial charge >= 0.3 is 0 Å². The number of hydrogen-bond donors (Lipinski definition) is 1. The summed E-state index contributed by atoms with van der Waals surface area (Å²) < 4.78 is 0. The topological polar surface area (TPSA) is 28.2 Å². The Bertz CT molecular complexity index is 615. The van der Waals surface area contributed by atoms with Gasteiger partial charge in [0.25, 0.3) is 0 Å². The van der Waals surface area contributed by atoms with Crippen LogP contribution in [0.2, 0.25) is 0 Å². The van der Waals surface area contributed by atoms with Gasteiger partial charge in [0.1, 0.15) is 5.82 Å². The normalized spacial score (nSPS) is 21.8. The first-order valence-corrected chi connectivity index (χ1v) is 8.22. The Morgan fingerprint density at radius 3 is 2.76 bits per heavy atom. The molecule has 1 unspecified atom stereocenters. The molecule has 1 aromatic heterocycles. The minimum atomic E-state index is 0.636. The minimum absolute atomic E-state index is 0.636. The molecule has 2 aliphatic rings. The van der Waals surface area contributed by atoms with Crippen molar-refractivity contribution in [3.05, 3.63) is 36.4 Å². The summed E-state index contributed by atoms with van der Waals surface area (Å²) in [6.45, 7) is 3.44. The molecule has 2 fully saturated rings. The van der Waals surface area contributed by atoms with E-state index in [4.69, 9.17) is 4.98 Å². The smallest absolute Gasteiger partial charge is 0.129 e. The quantitative estimate of drug-likeness (QED) is 0.912. The van der Waals surface area contributed by atoms with E-state index in [1.165, 1.54) is 44.2 Å². The summed E-state index contributed by atoms with van der Waals surface area (Å²) in [5, 5.41) is 4.85. The van der Waals surface area contributed by atoms with Crippen molar-refractivity contribution in [2.75, 3.05) is 24.5 Å². The maximum atomic E-state index is 4.90. The van der Waals surface area contributed by atoms with Crippen LogP contribution in [0.25, 0.3) is 10.9 Å². The van der Waals surface area contributed by atoms with E-state index in [2.05, 4.69) is 46.6 Å². The highest BCUT2D eigenvalue weighted by Crippen LogP contribution is 2.31. The predicted octanol–water partition coefficient (Wildman–Crippen LogP) is 3.20. The molecule has 0 spiro atoms. The molecule has 21 heavy (non-hydrogen) atoms. The zero-order chi connectivity index (χ0) is 14.1. The van der Waals surface area contributed by atoms with Gasteiger partial charge in [-0.3, -0.25) is 0 Å². The first-order chi connectivity index (χ1) is 10.4. The van der Waals surface area contributed by atoms with E-state index in [0.717, 1.165) is 23.8 Å². The summed E-state index contributed by atoms with van der Waals surface area (Å²) in [6, 6.07) is 13.4. The SMILES string of the molecule is c1ccc2nc(N(CC3CC3)CC3CCCN3)ccc2c1. The van der Waals surface area contributed by atoms with Crippen LogP contribution in [0.4, 0.5) is 5.82 Å². The zero-order valence-electron chi connectivity index (χ0n) is 12.5. The van der Waals surface area contributed by atoms with Crippen molar-refractivity contribution in [2.24, 2.45) is 5.92 Å². The Morgan fingerprint density at radius 2 is 1.95 bits per heavy atom. The third-order valence-electron chi connectivity index (χ3n) is 4.69. The van der Waals surface area contributed by atoms with Crippen molar-refractivity contribution in [2.45, 2.75) is 31.7 Å². The van der Waals surface area contributed by atoms with Gasteiger partial charge in [-0.1, -0.05) is 18.2 Å². The highest BCUT2D eigenvalue weighted by Gasteiger charge is 2.27. The molecule has 1 saturated carbocycles. The first kappa shape index (κ1) is 13.1. The molecule has 0 bridgehead atoms. The van der Waals surface area contributed by atoms with Crippen molar-refractivity contribution >= 4 is 16.7 Å². The van der Waals surface area contributed by atoms with Crippen LogP contribution in [0.3, 0.4) is 0 Å². The van der Waals surface area contributed by atoms with E-state index in [1.54, 1.807) is 0 Å². The molecule has 2 heterocycles. The molecular weight excluding hydrogens is 258 g/mol. The Balaban J connectivity index is 1.59. The molecular formula is C18H23N3. The third kappa shape index (κ3) is 3.03. The van der Waals surface area contributed by atoms with Crippen LogP contribution in [0.15, 0.2) is 36.4 Å².